The average Bonchev–Trinajstić information content (AvgIpc) is 2.89. The summed E-state index contributed by atoms with van der Waals surface area (Å²) in [6.07, 6.45) is 2.66. The minimum absolute atomic E-state index is 0.333. The molecule has 0 amide bonds. The van der Waals surface area contributed by atoms with Crippen molar-refractivity contribution in [2.75, 3.05) is 13.2 Å². The van der Waals surface area contributed by atoms with E-state index in [9.17, 15) is 4.79 Å². The predicted molar refractivity (Wildman–Crippen MR) is 57.2 cm³/mol. The topological polar surface area (TPSA) is 57.3 Å². The number of oxazole rings is 1. The normalized spacial score (nSPS) is 20.6. The number of hydrogen-bond donors (Lipinski definition) is 0. The van der Waals surface area contributed by atoms with Crippen molar-refractivity contribution in [3.63, 3.8) is 0 Å². The molecule has 16 heavy (non-hydrogen) atoms. The van der Waals surface area contributed by atoms with Crippen LogP contribution in [0.1, 0.15) is 6.42 Å². The summed E-state index contributed by atoms with van der Waals surface area (Å²) in [5, 5.41) is 0. The van der Waals surface area contributed by atoms with Gasteiger partial charge in [0.05, 0.1) is 6.61 Å². The summed E-state index contributed by atoms with van der Waals surface area (Å²) in [6.45, 7) is 2.12. The van der Waals surface area contributed by atoms with E-state index in [-0.39, 0.29) is 5.76 Å². The van der Waals surface area contributed by atoms with Gasteiger partial charge >= 0.3 is 5.76 Å². The molecule has 1 fully saturated rings. The van der Waals surface area contributed by atoms with Gasteiger partial charge in [-0.1, -0.05) is 0 Å². The van der Waals surface area contributed by atoms with E-state index in [1.807, 2.05) is 0 Å². The van der Waals surface area contributed by atoms with Crippen LogP contribution in [0.4, 0.5) is 0 Å². The molecule has 1 aliphatic heterocycles. The minimum Gasteiger partial charge on any atom is -0.406 e. The Hall–Kier alpha value is -1.62. The first-order chi connectivity index (χ1) is 7.84. The third kappa shape index (κ3) is 1.53. The number of ether oxygens (including phenoxy) is 1. The molecule has 2 aromatic heterocycles. The second kappa shape index (κ2) is 3.75. The van der Waals surface area contributed by atoms with Crippen LogP contribution in [0.25, 0.3) is 11.2 Å². The lowest BCUT2D eigenvalue weighted by Gasteiger charge is -2.06. The standard InChI is InChI=1S/C11H12N2O3/c14-11-13(6-8-3-5-15-7-8)10-9(16-11)2-1-4-12-10/h1-2,4,8H,3,5-7H2/t8-/m0/s1. The van der Waals surface area contributed by atoms with Crippen molar-refractivity contribution in [1.29, 1.82) is 0 Å². The van der Waals surface area contributed by atoms with Crippen molar-refractivity contribution >= 4 is 11.2 Å². The van der Waals surface area contributed by atoms with Gasteiger partial charge in [0, 0.05) is 25.3 Å². The first-order valence-corrected chi connectivity index (χ1v) is 5.37. The summed E-state index contributed by atoms with van der Waals surface area (Å²) in [5.41, 5.74) is 1.17. The first-order valence-electron chi connectivity index (χ1n) is 5.37. The molecule has 0 aromatic carbocycles. The molecule has 0 saturated carbocycles. The molecule has 1 atom stereocenters. The number of nitrogens with zero attached hydrogens (tertiary/aromatic N) is 2. The highest BCUT2D eigenvalue weighted by atomic mass is 16.5. The van der Waals surface area contributed by atoms with Crippen LogP contribution in [0, 0.1) is 5.92 Å². The summed E-state index contributed by atoms with van der Waals surface area (Å²) < 4.78 is 12.0. The van der Waals surface area contributed by atoms with E-state index in [1.165, 1.54) is 0 Å². The van der Waals surface area contributed by atoms with Crippen LogP contribution < -0.4 is 5.76 Å². The number of aromatic nitrogens is 2. The summed E-state index contributed by atoms with van der Waals surface area (Å²) in [5.74, 6) is 0.0566. The Morgan fingerprint density at radius 3 is 3.31 bits per heavy atom. The molecule has 2 aromatic rings. The van der Waals surface area contributed by atoms with Gasteiger partial charge in [0.1, 0.15) is 0 Å². The lowest BCUT2D eigenvalue weighted by Crippen LogP contribution is -2.20. The third-order valence-electron chi connectivity index (χ3n) is 2.89. The quantitative estimate of drug-likeness (QED) is 0.758. The SMILES string of the molecule is O=c1oc2cccnc2n1C[C@@H]1CCOC1. The van der Waals surface area contributed by atoms with E-state index in [1.54, 1.807) is 22.9 Å². The third-order valence-corrected chi connectivity index (χ3v) is 2.89. The fourth-order valence-corrected chi connectivity index (χ4v) is 2.05. The fourth-order valence-electron chi connectivity index (χ4n) is 2.05. The molecule has 0 spiro atoms. The number of rotatable bonds is 2. The molecule has 1 aliphatic rings. The molecule has 3 rings (SSSR count). The minimum atomic E-state index is -0.333. The lowest BCUT2D eigenvalue weighted by molar-refractivity contribution is 0.182. The van der Waals surface area contributed by atoms with Crippen molar-refractivity contribution in [3.05, 3.63) is 28.9 Å². The van der Waals surface area contributed by atoms with Gasteiger partial charge < -0.3 is 9.15 Å². The van der Waals surface area contributed by atoms with Gasteiger partial charge in [0.25, 0.3) is 0 Å². The highest BCUT2D eigenvalue weighted by Gasteiger charge is 2.19. The number of fused-ring (bicyclic) bond motifs is 1. The van der Waals surface area contributed by atoms with Crippen LogP contribution in [0.2, 0.25) is 0 Å². The average molecular weight is 220 g/mol. The van der Waals surface area contributed by atoms with Crippen molar-refractivity contribution in [1.82, 2.24) is 9.55 Å². The lowest BCUT2D eigenvalue weighted by atomic mass is 10.1. The monoisotopic (exact) mass is 220 g/mol. The Bertz CT molecular complexity index is 552. The Balaban J connectivity index is 2.01. The molecule has 0 unspecified atom stereocenters. The first kappa shape index (κ1) is 9.59. The maximum atomic E-state index is 11.6. The van der Waals surface area contributed by atoms with Gasteiger partial charge in [0.15, 0.2) is 11.2 Å². The molecular weight excluding hydrogens is 208 g/mol. The maximum absolute atomic E-state index is 11.6. The van der Waals surface area contributed by atoms with Crippen LogP contribution >= 0.6 is 0 Å². The molecule has 1 saturated heterocycles. The second-order valence-corrected chi connectivity index (χ2v) is 4.03. The van der Waals surface area contributed by atoms with Gasteiger partial charge in [-0.25, -0.2) is 9.78 Å². The van der Waals surface area contributed by atoms with Crippen LogP contribution in [0.3, 0.4) is 0 Å². The molecule has 0 N–H and O–H groups in total. The van der Waals surface area contributed by atoms with E-state index < -0.39 is 0 Å². The van der Waals surface area contributed by atoms with Crippen LogP contribution in [0.15, 0.2) is 27.5 Å². The summed E-state index contributed by atoms with van der Waals surface area (Å²) >= 11 is 0. The van der Waals surface area contributed by atoms with E-state index in [4.69, 9.17) is 9.15 Å². The molecule has 3 heterocycles. The molecular formula is C11H12N2O3. The Labute approximate surface area is 91.7 Å². The summed E-state index contributed by atoms with van der Waals surface area (Å²) in [7, 11) is 0. The Morgan fingerprint density at radius 2 is 2.50 bits per heavy atom. The van der Waals surface area contributed by atoms with Crippen molar-refractivity contribution in [2.24, 2.45) is 5.92 Å². The Morgan fingerprint density at radius 1 is 1.56 bits per heavy atom. The molecule has 5 heteroatoms. The number of pyridine rings is 1. The van der Waals surface area contributed by atoms with Crippen molar-refractivity contribution in [2.45, 2.75) is 13.0 Å². The van der Waals surface area contributed by atoms with E-state index in [2.05, 4.69) is 4.98 Å². The zero-order valence-electron chi connectivity index (χ0n) is 8.76. The fraction of sp³-hybridized carbons (Fsp3) is 0.455. The van der Waals surface area contributed by atoms with Crippen LogP contribution in [0.5, 0.6) is 0 Å². The van der Waals surface area contributed by atoms with E-state index >= 15 is 0 Å². The highest BCUT2D eigenvalue weighted by Crippen LogP contribution is 2.16. The number of hydrogen-bond acceptors (Lipinski definition) is 4. The van der Waals surface area contributed by atoms with Gasteiger partial charge in [-0.3, -0.25) is 4.57 Å². The van der Waals surface area contributed by atoms with Gasteiger partial charge in [-0.15, -0.1) is 0 Å². The summed E-state index contributed by atoms with van der Waals surface area (Å²) in [4.78, 5) is 15.8. The molecule has 0 aliphatic carbocycles. The molecule has 5 nitrogen and oxygen atoms in total. The Kier molecular flexibility index (Phi) is 2.25. The van der Waals surface area contributed by atoms with Gasteiger partial charge in [-0.2, -0.15) is 0 Å². The van der Waals surface area contributed by atoms with E-state index in [0.717, 1.165) is 13.0 Å². The zero-order valence-corrected chi connectivity index (χ0v) is 8.76. The van der Waals surface area contributed by atoms with Crippen LogP contribution in [-0.4, -0.2) is 22.8 Å². The van der Waals surface area contributed by atoms with Gasteiger partial charge in [0.2, 0.25) is 0 Å². The van der Waals surface area contributed by atoms with Crippen LogP contribution in [-0.2, 0) is 11.3 Å². The molecule has 0 radical (unpaired) electrons. The van der Waals surface area contributed by atoms with Gasteiger partial charge in [-0.05, 0) is 18.6 Å². The second-order valence-electron chi connectivity index (χ2n) is 4.03. The maximum Gasteiger partial charge on any atom is 0.421 e. The summed E-state index contributed by atoms with van der Waals surface area (Å²) in [6, 6.07) is 3.51. The molecule has 0 bridgehead atoms. The highest BCUT2D eigenvalue weighted by molar-refractivity contribution is 5.67. The molecule has 84 valence electrons. The predicted octanol–water partition coefficient (Wildman–Crippen LogP) is 1.03. The van der Waals surface area contributed by atoms with Crippen molar-refractivity contribution < 1.29 is 9.15 Å². The largest absolute Gasteiger partial charge is 0.421 e. The van der Waals surface area contributed by atoms with Crippen molar-refractivity contribution in [3.8, 4) is 0 Å². The zero-order chi connectivity index (χ0) is 11.0. The van der Waals surface area contributed by atoms with E-state index in [0.29, 0.717) is 30.3 Å². The smallest absolute Gasteiger partial charge is 0.406 e.